The monoisotopic (exact) mass is 285 g/mol. The van der Waals surface area contributed by atoms with Crippen LogP contribution in [0.15, 0.2) is 30.3 Å². The number of hydrogen-bond acceptors (Lipinski definition) is 3. The summed E-state index contributed by atoms with van der Waals surface area (Å²) in [5, 5.41) is 3.11. The van der Waals surface area contributed by atoms with Crippen LogP contribution in [0.25, 0.3) is 0 Å². The predicted octanol–water partition coefficient (Wildman–Crippen LogP) is 3.86. The van der Waals surface area contributed by atoms with Gasteiger partial charge in [-0.3, -0.25) is 0 Å². The molecule has 1 N–H and O–H groups in total. The minimum atomic E-state index is -0.357. The fraction of sp³-hybridized carbons (Fsp3) is 0.412. The van der Waals surface area contributed by atoms with Gasteiger partial charge in [0.05, 0.1) is 0 Å². The van der Waals surface area contributed by atoms with Crippen LogP contribution in [0.2, 0.25) is 0 Å². The van der Waals surface area contributed by atoms with Crippen LogP contribution in [0.5, 0.6) is 0 Å². The fourth-order valence-corrected chi connectivity index (χ4v) is 2.46. The molecule has 0 aliphatic heterocycles. The highest BCUT2D eigenvalue weighted by Crippen LogP contribution is 2.40. The Labute approximate surface area is 124 Å². The van der Waals surface area contributed by atoms with E-state index in [4.69, 9.17) is 4.98 Å². The van der Waals surface area contributed by atoms with Crippen molar-refractivity contribution in [2.75, 3.05) is 12.4 Å². The van der Waals surface area contributed by atoms with Crippen LogP contribution in [-0.2, 0) is 5.41 Å². The number of nitrogens with zero attached hydrogens (tertiary/aromatic N) is 2. The number of hydrogen-bond donors (Lipinski definition) is 1. The molecular formula is C17H20FN3. The lowest BCUT2D eigenvalue weighted by molar-refractivity contribution is 0.580. The number of nitrogens with one attached hydrogen (secondary N) is 1. The molecule has 3 rings (SSSR count). The summed E-state index contributed by atoms with van der Waals surface area (Å²) < 4.78 is 13.1. The molecule has 0 atom stereocenters. The van der Waals surface area contributed by atoms with Crippen molar-refractivity contribution in [1.82, 2.24) is 9.97 Å². The zero-order chi connectivity index (χ0) is 15.0. The topological polar surface area (TPSA) is 37.8 Å². The van der Waals surface area contributed by atoms with Crippen LogP contribution < -0.4 is 5.32 Å². The van der Waals surface area contributed by atoms with Crippen molar-refractivity contribution in [3.63, 3.8) is 0 Å². The molecular weight excluding hydrogens is 265 g/mol. The van der Waals surface area contributed by atoms with Gasteiger partial charge < -0.3 is 5.32 Å². The number of benzene rings is 1. The average Bonchev–Trinajstić information content (AvgIpc) is 3.32. The molecule has 0 spiro atoms. The molecule has 0 radical (unpaired) electrons. The van der Waals surface area contributed by atoms with Gasteiger partial charge in [0.2, 0.25) is 0 Å². The molecule has 1 fully saturated rings. The number of aromatic nitrogens is 2. The Kier molecular flexibility index (Phi) is 3.40. The number of halogens is 1. The highest BCUT2D eigenvalue weighted by atomic mass is 19.1. The number of rotatable bonds is 4. The van der Waals surface area contributed by atoms with Crippen LogP contribution >= 0.6 is 0 Å². The van der Waals surface area contributed by atoms with Gasteiger partial charge in [-0.25, -0.2) is 14.4 Å². The molecule has 1 aromatic carbocycles. The van der Waals surface area contributed by atoms with E-state index < -0.39 is 0 Å². The standard InChI is InChI=1S/C17H20FN3/c1-17(2,12-6-8-13(18)9-7-12)16-20-14(11-4-5-11)10-15(19-3)21-16/h6-11H,4-5H2,1-3H3,(H,19,20,21). The first-order valence-electron chi connectivity index (χ1n) is 7.34. The normalized spacial score (nSPS) is 15.0. The molecule has 0 bridgehead atoms. The molecule has 0 amide bonds. The van der Waals surface area contributed by atoms with Crippen molar-refractivity contribution in [3.8, 4) is 0 Å². The average molecular weight is 285 g/mol. The molecule has 1 saturated carbocycles. The van der Waals surface area contributed by atoms with Gasteiger partial charge in [0, 0.05) is 30.1 Å². The lowest BCUT2D eigenvalue weighted by Gasteiger charge is -2.24. The maximum Gasteiger partial charge on any atom is 0.140 e. The Hall–Kier alpha value is -1.97. The highest BCUT2D eigenvalue weighted by molar-refractivity contribution is 5.41. The maximum absolute atomic E-state index is 13.1. The van der Waals surface area contributed by atoms with Gasteiger partial charge in [0.1, 0.15) is 17.5 Å². The van der Waals surface area contributed by atoms with Crippen molar-refractivity contribution in [3.05, 3.63) is 53.2 Å². The van der Waals surface area contributed by atoms with Crippen LogP contribution in [0.1, 0.15) is 49.7 Å². The summed E-state index contributed by atoms with van der Waals surface area (Å²) in [7, 11) is 1.87. The molecule has 1 aliphatic rings. The Balaban J connectivity index is 2.04. The van der Waals surface area contributed by atoms with E-state index in [1.807, 2.05) is 25.2 Å². The Morgan fingerprint density at radius 3 is 2.38 bits per heavy atom. The van der Waals surface area contributed by atoms with E-state index in [0.29, 0.717) is 5.92 Å². The lowest BCUT2D eigenvalue weighted by atomic mass is 9.83. The fourth-order valence-electron chi connectivity index (χ4n) is 2.46. The van der Waals surface area contributed by atoms with Gasteiger partial charge in [-0.05, 0) is 44.4 Å². The Bertz CT molecular complexity index is 646. The largest absolute Gasteiger partial charge is 0.373 e. The second-order valence-corrected chi connectivity index (χ2v) is 6.16. The minimum absolute atomic E-state index is 0.224. The van der Waals surface area contributed by atoms with Crippen LogP contribution in [-0.4, -0.2) is 17.0 Å². The smallest absolute Gasteiger partial charge is 0.140 e. The quantitative estimate of drug-likeness (QED) is 0.927. The van der Waals surface area contributed by atoms with Crippen molar-refractivity contribution >= 4 is 5.82 Å². The maximum atomic E-state index is 13.1. The summed E-state index contributed by atoms with van der Waals surface area (Å²) in [6, 6.07) is 8.62. The SMILES string of the molecule is CNc1cc(C2CC2)nc(C(C)(C)c2ccc(F)cc2)n1. The molecule has 0 unspecified atom stereocenters. The van der Waals surface area contributed by atoms with E-state index in [9.17, 15) is 4.39 Å². The number of anilines is 1. The molecule has 3 nitrogen and oxygen atoms in total. The second-order valence-electron chi connectivity index (χ2n) is 6.16. The molecule has 1 aromatic heterocycles. The van der Waals surface area contributed by atoms with Gasteiger partial charge in [-0.1, -0.05) is 12.1 Å². The first kappa shape index (κ1) is 14.0. The molecule has 1 aliphatic carbocycles. The van der Waals surface area contributed by atoms with E-state index >= 15 is 0 Å². The zero-order valence-electron chi connectivity index (χ0n) is 12.7. The van der Waals surface area contributed by atoms with Crippen molar-refractivity contribution < 1.29 is 4.39 Å². The second kappa shape index (κ2) is 5.10. The van der Waals surface area contributed by atoms with Gasteiger partial charge in [0.15, 0.2) is 0 Å². The van der Waals surface area contributed by atoms with E-state index in [1.165, 1.54) is 25.0 Å². The summed E-state index contributed by atoms with van der Waals surface area (Å²) in [5.74, 6) is 1.97. The van der Waals surface area contributed by atoms with Crippen LogP contribution in [0.3, 0.4) is 0 Å². The van der Waals surface area contributed by atoms with E-state index in [-0.39, 0.29) is 11.2 Å². The summed E-state index contributed by atoms with van der Waals surface area (Å²) in [6.07, 6.45) is 2.41. The predicted molar refractivity (Wildman–Crippen MR) is 82.1 cm³/mol. The lowest BCUT2D eigenvalue weighted by Crippen LogP contribution is -2.23. The molecule has 21 heavy (non-hydrogen) atoms. The highest BCUT2D eigenvalue weighted by Gasteiger charge is 2.31. The third-order valence-corrected chi connectivity index (χ3v) is 4.12. The van der Waals surface area contributed by atoms with E-state index in [0.717, 1.165) is 22.9 Å². The summed E-state index contributed by atoms with van der Waals surface area (Å²) >= 11 is 0. The summed E-state index contributed by atoms with van der Waals surface area (Å²) in [4.78, 5) is 9.39. The first-order valence-corrected chi connectivity index (χ1v) is 7.34. The van der Waals surface area contributed by atoms with Gasteiger partial charge in [-0.15, -0.1) is 0 Å². The van der Waals surface area contributed by atoms with Crippen molar-refractivity contribution in [1.29, 1.82) is 0 Å². The van der Waals surface area contributed by atoms with Gasteiger partial charge in [-0.2, -0.15) is 0 Å². The molecule has 110 valence electrons. The first-order chi connectivity index (χ1) is 10.0. The van der Waals surface area contributed by atoms with Crippen molar-refractivity contribution in [2.45, 2.75) is 38.0 Å². The van der Waals surface area contributed by atoms with Crippen LogP contribution in [0, 0.1) is 5.82 Å². The zero-order valence-corrected chi connectivity index (χ0v) is 12.7. The Morgan fingerprint density at radius 2 is 1.81 bits per heavy atom. The molecule has 4 heteroatoms. The van der Waals surface area contributed by atoms with Gasteiger partial charge in [0.25, 0.3) is 0 Å². The van der Waals surface area contributed by atoms with E-state index in [1.54, 1.807) is 0 Å². The Morgan fingerprint density at radius 1 is 1.14 bits per heavy atom. The molecule has 0 saturated heterocycles. The third kappa shape index (κ3) is 2.75. The molecule has 1 heterocycles. The third-order valence-electron chi connectivity index (χ3n) is 4.12. The minimum Gasteiger partial charge on any atom is -0.373 e. The molecule has 2 aromatic rings. The summed E-state index contributed by atoms with van der Waals surface area (Å²) in [6.45, 7) is 4.15. The van der Waals surface area contributed by atoms with Gasteiger partial charge >= 0.3 is 0 Å². The van der Waals surface area contributed by atoms with E-state index in [2.05, 4.69) is 24.1 Å². The van der Waals surface area contributed by atoms with Crippen molar-refractivity contribution in [2.24, 2.45) is 0 Å². The van der Waals surface area contributed by atoms with Crippen LogP contribution in [0.4, 0.5) is 10.2 Å². The summed E-state index contributed by atoms with van der Waals surface area (Å²) in [5.41, 5.74) is 1.77.